The summed E-state index contributed by atoms with van der Waals surface area (Å²) in [6.07, 6.45) is 5.25. The molecule has 0 atom stereocenters. The second kappa shape index (κ2) is 5.51. The zero-order chi connectivity index (χ0) is 11.4. The summed E-state index contributed by atoms with van der Waals surface area (Å²) in [5.41, 5.74) is 1.28. The van der Waals surface area contributed by atoms with Gasteiger partial charge in [0.1, 0.15) is 0 Å². The quantitative estimate of drug-likeness (QED) is 0.833. The highest BCUT2D eigenvalue weighted by Gasteiger charge is 2.02. The van der Waals surface area contributed by atoms with Gasteiger partial charge >= 0.3 is 0 Å². The Labute approximate surface area is 104 Å². The van der Waals surface area contributed by atoms with Gasteiger partial charge in [0.2, 0.25) is 0 Å². The van der Waals surface area contributed by atoms with E-state index in [4.69, 9.17) is 5.11 Å². The maximum Gasteiger partial charge on any atom is 0.0491 e. The van der Waals surface area contributed by atoms with Crippen molar-refractivity contribution in [2.45, 2.75) is 25.8 Å². The van der Waals surface area contributed by atoms with Crippen molar-refractivity contribution in [3.05, 3.63) is 34.9 Å². The summed E-state index contributed by atoms with van der Waals surface area (Å²) < 4.78 is 3.43. The minimum Gasteiger partial charge on any atom is -0.396 e. The summed E-state index contributed by atoms with van der Waals surface area (Å²) in [5.74, 6) is 0. The molecular formula is C13H16BrNO. The molecule has 0 bridgehead atoms. The summed E-state index contributed by atoms with van der Waals surface area (Å²) in [7, 11) is 0. The number of nitrogens with zero attached hydrogens (tertiary/aromatic N) is 1. The van der Waals surface area contributed by atoms with Crippen LogP contribution in [0.25, 0.3) is 10.9 Å². The van der Waals surface area contributed by atoms with E-state index in [0.717, 1.165) is 30.3 Å². The van der Waals surface area contributed by atoms with Crippen LogP contribution in [0.15, 0.2) is 34.9 Å². The Bertz CT molecular complexity index is 464. The second-order valence-corrected chi connectivity index (χ2v) is 4.82. The van der Waals surface area contributed by atoms with Crippen LogP contribution in [0.4, 0.5) is 0 Å². The highest BCUT2D eigenvalue weighted by atomic mass is 79.9. The molecule has 0 saturated carbocycles. The lowest BCUT2D eigenvalue weighted by molar-refractivity contribution is 0.282. The molecule has 1 aromatic carbocycles. The van der Waals surface area contributed by atoms with E-state index in [-0.39, 0.29) is 0 Å². The molecule has 0 aliphatic rings. The predicted octanol–water partition coefficient (Wildman–Crippen LogP) is 3.57. The average Bonchev–Trinajstić information content (AvgIpc) is 2.70. The third kappa shape index (κ3) is 2.47. The Morgan fingerprint density at radius 1 is 1.12 bits per heavy atom. The number of aryl methyl sites for hydroxylation is 1. The van der Waals surface area contributed by atoms with Crippen LogP contribution < -0.4 is 0 Å². The first-order chi connectivity index (χ1) is 7.83. The third-order valence-electron chi connectivity index (χ3n) is 2.82. The van der Waals surface area contributed by atoms with Crippen molar-refractivity contribution in [3.8, 4) is 0 Å². The zero-order valence-corrected chi connectivity index (χ0v) is 10.8. The molecule has 1 N–H and O–H groups in total. The number of aliphatic hydroxyl groups is 1. The van der Waals surface area contributed by atoms with Crippen molar-refractivity contribution in [2.24, 2.45) is 0 Å². The van der Waals surface area contributed by atoms with Crippen LogP contribution in [0.5, 0.6) is 0 Å². The van der Waals surface area contributed by atoms with Gasteiger partial charge in [-0.05, 0) is 37.5 Å². The number of halogens is 1. The Morgan fingerprint density at radius 3 is 2.81 bits per heavy atom. The molecule has 2 nitrogen and oxygen atoms in total. The molecule has 0 amide bonds. The fraction of sp³-hybridized carbons (Fsp3) is 0.385. The zero-order valence-electron chi connectivity index (χ0n) is 9.19. The van der Waals surface area contributed by atoms with Gasteiger partial charge < -0.3 is 9.67 Å². The molecule has 0 aliphatic carbocycles. The lowest BCUT2D eigenvalue weighted by Gasteiger charge is -2.05. The summed E-state index contributed by atoms with van der Waals surface area (Å²) in [5, 5.41) is 9.99. The fourth-order valence-corrected chi connectivity index (χ4v) is 2.44. The monoisotopic (exact) mass is 281 g/mol. The number of benzene rings is 1. The summed E-state index contributed by atoms with van der Waals surface area (Å²) in [4.78, 5) is 0. The molecule has 0 fully saturated rings. The number of rotatable bonds is 5. The van der Waals surface area contributed by atoms with Gasteiger partial charge in [0, 0.05) is 34.7 Å². The number of unbranched alkanes of at least 4 members (excludes halogenated alkanes) is 2. The highest BCUT2D eigenvalue weighted by molar-refractivity contribution is 9.10. The van der Waals surface area contributed by atoms with Crippen molar-refractivity contribution in [1.82, 2.24) is 4.57 Å². The number of aromatic nitrogens is 1. The van der Waals surface area contributed by atoms with Gasteiger partial charge in [-0.2, -0.15) is 0 Å². The SMILES string of the molecule is OCCCCCn1ccc2c(Br)cccc21. The van der Waals surface area contributed by atoms with E-state index in [1.54, 1.807) is 0 Å². The van der Waals surface area contributed by atoms with E-state index in [1.807, 2.05) is 0 Å². The molecule has 0 radical (unpaired) electrons. The van der Waals surface area contributed by atoms with E-state index in [2.05, 4.69) is 51.0 Å². The van der Waals surface area contributed by atoms with Crippen molar-refractivity contribution < 1.29 is 5.11 Å². The number of aliphatic hydroxyl groups excluding tert-OH is 1. The molecule has 1 aromatic heterocycles. The average molecular weight is 282 g/mol. The van der Waals surface area contributed by atoms with Crippen molar-refractivity contribution in [3.63, 3.8) is 0 Å². The van der Waals surface area contributed by atoms with Crippen LogP contribution in [0.3, 0.4) is 0 Å². The van der Waals surface area contributed by atoms with E-state index < -0.39 is 0 Å². The van der Waals surface area contributed by atoms with Gasteiger partial charge in [0.05, 0.1) is 0 Å². The second-order valence-electron chi connectivity index (χ2n) is 3.97. The lowest BCUT2D eigenvalue weighted by atomic mass is 10.2. The maximum absolute atomic E-state index is 8.72. The van der Waals surface area contributed by atoms with Crippen LogP contribution in [0, 0.1) is 0 Å². The third-order valence-corrected chi connectivity index (χ3v) is 3.51. The number of fused-ring (bicyclic) bond motifs is 1. The number of hydrogen-bond donors (Lipinski definition) is 1. The van der Waals surface area contributed by atoms with Crippen LogP contribution in [-0.4, -0.2) is 16.3 Å². The van der Waals surface area contributed by atoms with Gasteiger partial charge in [-0.25, -0.2) is 0 Å². The Balaban J connectivity index is 2.10. The molecule has 0 spiro atoms. The van der Waals surface area contributed by atoms with Crippen molar-refractivity contribution >= 4 is 26.8 Å². The Kier molecular flexibility index (Phi) is 4.02. The van der Waals surface area contributed by atoms with E-state index >= 15 is 0 Å². The van der Waals surface area contributed by atoms with Gasteiger partial charge in [0.25, 0.3) is 0 Å². The normalized spacial score (nSPS) is 11.1. The molecule has 2 rings (SSSR count). The van der Waals surface area contributed by atoms with Crippen molar-refractivity contribution in [2.75, 3.05) is 6.61 Å². The fourth-order valence-electron chi connectivity index (χ4n) is 1.95. The maximum atomic E-state index is 8.72. The Morgan fingerprint density at radius 2 is 2.00 bits per heavy atom. The number of hydrogen-bond acceptors (Lipinski definition) is 1. The van der Waals surface area contributed by atoms with Crippen LogP contribution >= 0.6 is 15.9 Å². The van der Waals surface area contributed by atoms with E-state index in [0.29, 0.717) is 6.61 Å². The van der Waals surface area contributed by atoms with E-state index in [9.17, 15) is 0 Å². The largest absolute Gasteiger partial charge is 0.396 e. The highest BCUT2D eigenvalue weighted by Crippen LogP contribution is 2.24. The molecule has 86 valence electrons. The first-order valence-corrected chi connectivity index (χ1v) is 6.46. The predicted molar refractivity (Wildman–Crippen MR) is 70.6 cm³/mol. The van der Waals surface area contributed by atoms with Crippen LogP contribution in [0.2, 0.25) is 0 Å². The summed E-state index contributed by atoms with van der Waals surface area (Å²) >= 11 is 3.56. The van der Waals surface area contributed by atoms with Gasteiger partial charge in [-0.15, -0.1) is 0 Å². The summed E-state index contributed by atoms with van der Waals surface area (Å²) in [6.45, 7) is 1.33. The molecule has 2 aromatic rings. The van der Waals surface area contributed by atoms with Gasteiger partial charge in [0.15, 0.2) is 0 Å². The smallest absolute Gasteiger partial charge is 0.0491 e. The topological polar surface area (TPSA) is 25.2 Å². The molecular weight excluding hydrogens is 266 g/mol. The van der Waals surface area contributed by atoms with Crippen LogP contribution in [-0.2, 0) is 6.54 Å². The standard InChI is InChI=1S/C13H16BrNO/c14-12-5-4-6-13-11(12)7-9-15(13)8-2-1-3-10-16/h4-7,9,16H,1-3,8,10H2. The summed E-state index contributed by atoms with van der Waals surface area (Å²) in [6, 6.07) is 8.42. The van der Waals surface area contributed by atoms with Gasteiger partial charge in [-0.3, -0.25) is 0 Å². The molecule has 0 unspecified atom stereocenters. The molecule has 0 aliphatic heterocycles. The molecule has 16 heavy (non-hydrogen) atoms. The van der Waals surface area contributed by atoms with Crippen LogP contribution in [0.1, 0.15) is 19.3 Å². The van der Waals surface area contributed by atoms with Gasteiger partial charge in [-0.1, -0.05) is 22.0 Å². The lowest BCUT2D eigenvalue weighted by Crippen LogP contribution is -1.96. The first-order valence-electron chi connectivity index (χ1n) is 5.67. The van der Waals surface area contributed by atoms with E-state index in [1.165, 1.54) is 10.9 Å². The molecule has 1 heterocycles. The molecule has 0 saturated heterocycles. The van der Waals surface area contributed by atoms with Crippen molar-refractivity contribution in [1.29, 1.82) is 0 Å². The Hall–Kier alpha value is -0.800. The minimum atomic E-state index is 0.304. The molecule has 3 heteroatoms. The first kappa shape index (κ1) is 11.7. The minimum absolute atomic E-state index is 0.304.